The summed E-state index contributed by atoms with van der Waals surface area (Å²) >= 11 is 3.33. The van der Waals surface area contributed by atoms with Crippen molar-refractivity contribution in [1.82, 2.24) is 0 Å². The highest BCUT2D eigenvalue weighted by Gasteiger charge is 2.03. The van der Waals surface area contributed by atoms with Crippen molar-refractivity contribution >= 4 is 15.9 Å². The molecular formula is C14H16BrNO. The van der Waals surface area contributed by atoms with Gasteiger partial charge in [0.05, 0.1) is 12.2 Å². The molecule has 0 bridgehead atoms. The van der Waals surface area contributed by atoms with Crippen LogP contribution < -0.4 is 4.74 Å². The number of hydrogen-bond acceptors (Lipinski definition) is 2. The lowest BCUT2D eigenvalue weighted by atomic mass is 10.2. The van der Waals surface area contributed by atoms with Crippen molar-refractivity contribution in [2.75, 3.05) is 6.61 Å². The van der Waals surface area contributed by atoms with Crippen molar-refractivity contribution in [1.29, 1.82) is 5.26 Å². The van der Waals surface area contributed by atoms with Gasteiger partial charge in [0, 0.05) is 4.47 Å². The normalized spacial score (nSPS) is 9.65. The van der Waals surface area contributed by atoms with Crippen LogP contribution in [-0.2, 0) is 0 Å². The van der Waals surface area contributed by atoms with E-state index in [0.717, 1.165) is 30.2 Å². The first-order chi connectivity index (χ1) is 8.27. The Hall–Kier alpha value is -1.27. The molecule has 1 aromatic rings. The third kappa shape index (κ3) is 5.06. The van der Waals surface area contributed by atoms with Gasteiger partial charge in [-0.1, -0.05) is 22.0 Å². The Morgan fingerprint density at radius 2 is 2.18 bits per heavy atom. The fourth-order valence-electron chi connectivity index (χ4n) is 1.47. The summed E-state index contributed by atoms with van der Waals surface area (Å²) < 4.78 is 6.49. The molecule has 90 valence electrons. The molecule has 1 aromatic carbocycles. The summed E-state index contributed by atoms with van der Waals surface area (Å²) in [7, 11) is 0. The summed E-state index contributed by atoms with van der Waals surface area (Å²) in [5, 5.41) is 8.95. The summed E-state index contributed by atoms with van der Waals surface area (Å²) in [6.45, 7) is 4.35. The average Bonchev–Trinajstić information content (AvgIpc) is 2.35. The van der Waals surface area contributed by atoms with E-state index in [1.807, 2.05) is 18.2 Å². The van der Waals surface area contributed by atoms with Gasteiger partial charge in [-0.05, 0) is 43.9 Å². The molecule has 0 aromatic heterocycles. The summed E-state index contributed by atoms with van der Waals surface area (Å²) in [6, 6.07) is 7.61. The summed E-state index contributed by atoms with van der Waals surface area (Å²) in [4.78, 5) is 0. The number of halogens is 1. The second kappa shape index (κ2) is 7.92. The van der Waals surface area contributed by atoms with E-state index in [0.29, 0.717) is 17.9 Å². The van der Waals surface area contributed by atoms with Crippen molar-refractivity contribution in [3.05, 3.63) is 40.9 Å². The molecule has 0 N–H and O–H groups in total. The standard InChI is InChI=1S/C14H16BrNO/c1-2-3-4-5-6-9-17-14-8-7-13(15)10-12(14)11-16/h2,7-8,10H,1,3-6,9H2. The molecule has 0 fully saturated rings. The smallest absolute Gasteiger partial charge is 0.137 e. The van der Waals surface area contributed by atoms with Crippen molar-refractivity contribution < 1.29 is 4.74 Å². The highest BCUT2D eigenvalue weighted by molar-refractivity contribution is 9.10. The zero-order chi connectivity index (χ0) is 12.5. The van der Waals surface area contributed by atoms with E-state index < -0.39 is 0 Å². The van der Waals surface area contributed by atoms with Gasteiger partial charge >= 0.3 is 0 Å². The van der Waals surface area contributed by atoms with Crippen LogP contribution in [-0.4, -0.2) is 6.61 Å². The number of benzene rings is 1. The summed E-state index contributed by atoms with van der Waals surface area (Å²) in [5.74, 6) is 0.666. The largest absolute Gasteiger partial charge is 0.492 e. The quantitative estimate of drug-likeness (QED) is 0.550. The van der Waals surface area contributed by atoms with Gasteiger partial charge in [-0.2, -0.15) is 5.26 Å². The van der Waals surface area contributed by atoms with Gasteiger partial charge in [0.1, 0.15) is 11.8 Å². The van der Waals surface area contributed by atoms with Crippen molar-refractivity contribution in [2.24, 2.45) is 0 Å². The van der Waals surface area contributed by atoms with Crippen LogP contribution in [0.5, 0.6) is 5.75 Å². The van der Waals surface area contributed by atoms with Crippen molar-refractivity contribution in [2.45, 2.75) is 25.7 Å². The minimum Gasteiger partial charge on any atom is -0.492 e. The fourth-order valence-corrected chi connectivity index (χ4v) is 1.83. The lowest BCUT2D eigenvalue weighted by Crippen LogP contribution is -1.99. The van der Waals surface area contributed by atoms with Gasteiger partial charge in [0.15, 0.2) is 0 Å². The number of ether oxygens (including phenoxy) is 1. The number of unbranched alkanes of at least 4 members (excludes halogenated alkanes) is 3. The zero-order valence-electron chi connectivity index (χ0n) is 9.79. The van der Waals surface area contributed by atoms with Gasteiger partial charge in [-0.25, -0.2) is 0 Å². The molecule has 0 spiro atoms. The van der Waals surface area contributed by atoms with E-state index in [4.69, 9.17) is 10.00 Å². The van der Waals surface area contributed by atoms with Crippen molar-refractivity contribution in [3.8, 4) is 11.8 Å². The minimum absolute atomic E-state index is 0.575. The topological polar surface area (TPSA) is 33.0 Å². The maximum atomic E-state index is 8.95. The van der Waals surface area contributed by atoms with Crippen LogP contribution in [0, 0.1) is 11.3 Å². The number of rotatable bonds is 7. The van der Waals surface area contributed by atoms with E-state index >= 15 is 0 Å². The van der Waals surface area contributed by atoms with Crippen LogP contribution in [0.25, 0.3) is 0 Å². The minimum atomic E-state index is 0.575. The first-order valence-electron chi connectivity index (χ1n) is 5.71. The molecule has 0 saturated carbocycles. The molecular weight excluding hydrogens is 278 g/mol. The highest BCUT2D eigenvalue weighted by Crippen LogP contribution is 2.22. The third-order valence-electron chi connectivity index (χ3n) is 2.37. The lowest BCUT2D eigenvalue weighted by molar-refractivity contribution is 0.304. The van der Waals surface area contributed by atoms with Gasteiger partial charge in [0.2, 0.25) is 0 Å². The van der Waals surface area contributed by atoms with Gasteiger partial charge in [0.25, 0.3) is 0 Å². The fraction of sp³-hybridized carbons (Fsp3) is 0.357. The van der Waals surface area contributed by atoms with Gasteiger partial charge < -0.3 is 4.74 Å². The van der Waals surface area contributed by atoms with E-state index in [1.54, 1.807) is 6.07 Å². The maximum absolute atomic E-state index is 8.95. The molecule has 2 nitrogen and oxygen atoms in total. The van der Waals surface area contributed by atoms with E-state index in [9.17, 15) is 0 Å². The number of nitrogens with zero attached hydrogens (tertiary/aromatic N) is 1. The molecule has 0 saturated heterocycles. The Bertz CT molecular complexity index is 409. The lowest BCUT2D eigenvalue weighted by Gasteiger charge is -2.07. The molecule has 0 aliphatic carbocycles. The molecule has 0 atom stereocenters. The molecule has 0 unspecified atom stereocenters. The molecule has 0 aliphatic rings. The Kier molecular flexibility index (Phi) is 6.42. The molecule has 0 aliphatic heterocycles. The molecule has 17 heavy (non-hydrogen) atoms. The number of allylic oxidation sites excluding steroid dienone is 1. The maximum Gasteiger partial charge on any atom is 0.137 e. The van der Waals surface area contributed by atoms with Crippen LogP contribution >= 0.6 is 15.9 Å². The van der Waals surface area contributed by atoms with Gasteiger partial charge in [-0.3, -0.25) is 0 Å². The first kappa shape index (κ1) is 13.8. The predicted molar refractivity (Wildman–Crippen MR) is 73.0 cm³/mol. The second-order valence-corrected chi connectivity index (χ2v) is 4.65. The number of nitriles is 1. The summed E-state index contributed by atoms with van der Waals surface area (Å²) in [6.07, 6.45) is 6.28. The van der Waals surface area contributed by atoms with E-state index in [-0.39, 0.29) is 0 Å². The first-order valence-corrected chi connectivity index (χ1v) is 6.50. The molecule has 3 heteroatoms. The second-order valence-electron chi connectivity index (χ2n) is 3.74. The summed E-state index contributed by atoms with van der Waals surface area (Å²) in [5.41, 5.74) is 0.575. The number of hydrogen-bond donors (Lipinski definition) is 0. The van der Waals surface area contributed by atoms with Crippen LogP contribution in [0.3, 0.4) is 0 Å². The average molecular weight is 294 g/mol. The monoisotopic (exact) mass is 293 g/mol. The molecule has 0 amide bonds. The molecule has 0 heterocycles. The van der Waals surface area contributed by atoms with Gasteiger partial charge in [-0.15, -0.1) is 6.58 Å². The van der Waals surface area contributed by atoms with Crippen LogP contribution in [0.2, 0.25) is 0 Å². The predicted octanol–water partition coefficient (Wildman–Crippen LogP) is 4.45. The van der Waals surface area contributed by atoms with Crippen LogP contribution in [0.1, 0.15) is 31.2 Å². The molecule has 1 rings (SSSR count). The van der Waals surface area contributed by atoms with E-state index in [1.165, 1.54) is 0 Å². The Balaban J connectivity index is 2.36. The van der Waals surface area contributed by atoms with E-state index in [2.05, 4.69) is 28.6 Å². The Morgan fingerprint density at radius 1 is 1.35 bits per heavy atom. The zero-order valence-corrected chi connectivity index (χ0v) is 11.4. The van der Waals surface area contributed by atoms with Crippen molar-refractivity contribution in [3.63, 3.8) is 0 Å². The SMILES string of the molecule is C=CCCCCCOc1ccc(Br)cc1C#N. The Labute approximate surface area is 111 Å². The van der Waals surface area contributed by atoms with Crippen LogP contribution in [0.4, 0.5) is 0 Å². The highest BCUT2D eigenvalue weighted by atomic mass is 79.9. The third-order valence-corrected chi connectivity index (χ3v) is 2.87. The Morgan fingerprint density at radius 3 is 2.88 bits per heavy atom. The van der Waals surface area contributed by atoms with Crippen LogP contribution in [0.15, 0.2) is 35.3 Å². The molecule has 0 radical (unpaired) electrons.